The number of rotatable bonds is 3. The molecule has 0 aliphatic rings. The molecule has 0 aliphatic heterocycles. The number of benzene rings is 2. The van der Waals surface area contributed by atoms with Crippen molar-refractivity contribution < 1.29 is 0 Å². The van der Waals surface area contributed by atoms with Crippen LogP contribution in [0.4, 0.5) is 5.69 Å². The second-order valence-corrected chi connectivity index (χ2v) is 4.89. The van der Waals surface area contributed by atoms with Gasteiger partial charge in [0, 0.05) is 29.7 Å². The van der Waals surface area contributed by atoms with Crippen LogP contribution in [0.1, 0.15) is 5.56 Å². The Morgan fingerprint density at radius 2 is 2.05 bits per heavy atom. The Bertz CT molecular complexity index is 718. The Kier molecular flexibility index (Phi) is 3.13. The highest BCUT2D eigenvalue weighted by molar-refractivity contribution is 6.31. The van der Waals surface area contributed by atoms with E-state index in [9.17, 15) is 0 Å². The fourth-order valence-electron chi connectivity index (χ4n) is 2.11. The highest BCUT2D eigenvalue weighted by Gasteiger charge is 2.02. The lowest BCUT2D eigenvalue weighted by molar-refractivity contribution is 0.797. The molecule has 2 aromatic carbocycles. The lowest BCUT2D eigenvalue weighted by Crippen LogP contribution is -1.99. The number of hydrogen-bond acceptors (Lipinski definition) is 2. The van der Waals surface area contributed by atoms with Gasteiger partial charge in [0.2, 0.25) is 0 Å². The molecule has 0 bridgehead atoms. The van der Waals surface area contributed by atoms with Gasteiger partial charge in [0.25, 0.3) is 0 Å². The van der Waals surface area contributed by atoms with Gasteiger partial charge in [-0.3, -0.25) is 4.68 Å². The molecule has 4 heteroatoms. The predicted octanol–water partition coefficient (Wildman–Crippen LogP) is 3.84. The zero-order chi connectivity index (χ0) is 13.2. The van der Waals surface area contributed by atoms with Crippen LogP contribution in [0.15, 0.2) is 48.7 Å². The van der Waals surface area contributed by atoms with Crippen LogP contribution in [0.5, 0.6) is 0 Å². The number of fused-ring (bicyclic) bond motifs is 1. The maximum absolute atomic E-state index is 6.14. The predicted molar refractivity (Wildman–Crippen MR) is 79.5 cm³/mol. The number of nitrogens with zero attached hydrogens (tertiary/aromatic N) is 2. The minimum atomic E-state index is 0.714. The van der Waals surface area contributed by atoms with Crippen LogP contribution in [0.3, 0.4) is 0 Å². The number of halogens is 1. The van der Waals surface area contributed by atoms with Gasteiger partial charge in [-0.25, -0.2) is 0 Å². The largest absolute Gasteiger partial charge is 0.381 e. The third-order valence-corrected chi connectivity index (χ3v) is 3.56. The fraction of sp³-hybridized carbons (Fsp3) is 0.133. The fourth-order valence-corrected chi connectivity index (χ4v) is 2.32. The molecule has 0 unspecified atom stereocenters. The molecule has 0 saturated carbocycles. The van der Waals surface area contributed by atoms with Crippen molar-refractivity contribution in [3.8, 4) is 0 Å². The number of aryl methyl sites for hydroxylation is 1. The van der Waals surface area contributed by atoms with Crippen molar-refractivity contribution in [3.63, 3.8) is 0 Å². The summed E-state index contributed by atoms with van der Waals surface area (Å²) in [5.74, 6) is 0. The Morgan fingerprint density at radius 1 is 1.21 bits per heavy atom. The SMILES string of the molecule is Cn1ncc2cc(NCc3ccccc3Cl)ccc21. The van der Waals surface area contributed by atoms with E-state index in [2.05, 4.69) is 28.6 Å². The van der Waals surface area contributed by atoms with Crippen LogP contribution < -0.4 is 5.32 Å². The molecule has 96 valence electrons. The van der Waals surface area contributed by atoms with E-state index >= 15 is 0 Å². The van der Waals surface area contributed by atoms with Crippen LogP contribution in [0.2, 0.25) is 5.02 Å². The summed E-state index contributed by atoms with van der Waals surface area (Å²) in [6.07, 6.45) is 1.87. The second kappa shape index (κ2) is 4.94. The van der Waals surface area contributed by atoms with Crippen LogP contribution in [-0.4, -0.2) is 9.78 Å². The van der Waals surface area contributed by atoms with Crippen LogP contribution in [0, 0.1) is 0 Å². The van der Waals surface area contributed by atoms with Crippen LogP contribution in [0.25, 0.3) is 10.9 Å². The van der Waals surface area contributed by atoms with E-state index in [-0.39, 0.29) is 0 Å². The van der Waals surface area contributed by atoms with Gasteiger partial charge in [-0.1, -0.05) is 29.8 Å². The molecular formula is C15H14ClN3. The molecule has 1 aromatic heterocycles. The molecule has 0 atom stereocenters. The summed E-state index contributed by atoms with van der Waals surface area (Å²) in [4.78, 5) is 0. The average Bonchev–Trinajstić information content (AvgIpc) is 2.79. The molecule has 0 aliphatic carbocycles. The van der Waals surface area contributed by atoms with Gasteiger partial charge < -0.3 is 5.32 Å². The molecule has 1 N–H and O–H groups in total. The first kappa shape index (κ1) is 12.1. The minimum Gasteiger partial charge on any atom is -0.381 e. The molecule has 3 aromatic rings. The van der Waals surface area contributed by atoms with Crippen molar-refractivity contribution in [1.82, 2.24) is 9.78 Å². The Hall–Kier alpha value is -2.00. The second-order valence-electron chi connectivity index (χ2n) is 4.49. The number of hydrogen-bond donors (Lipinski definition) is 1. The molecule has 0 radical (unpaired) electrons. The lowest BCUT2D eigenvalue weighted by atomic mass is 10.2. The molecule has 3 rings (SSSR count). The summed E-state index contributed by atoms with van der Waals surface area (Å²) in [7, 11) is 1.94. The smallest absolute Gasteiger partial charge is 0.0680 e. The van der Waals surface area contributed by atoms with Gasteiger partial charge in [0.1, 0.15) is 0 Å². The summed E-state index contributed by atoms with van der Waals surface area (Å²) in [5.41, 5.74) is 3.29. The quantitative estimate of drug-likeness (QED) is 0.784. The van der Waals surface area contributed by atoms with Crippen molar-refractivity contribution in [2.75, 3.05) is 5.32 Å². The molecule has 0 saturated heterocycles. The summed E-state index contributed by atoms with van der Waals surface area (Å²) < 4.78 is 1.87. The van der Waals surface area contributed by atoms with Gasteiger partial charge in [-0.15, -0.1) is 0 Å². The Morgan fingerprint density at radius 3 is 2.89 bits per heavy atom. The van der Waals surface area contributed by atoms with Gasteiger partial charge >= 0.3 is 0 Å². The average molecular weight is 272 g/mol. The van der Waals surface area contributed by atoms with Gasteiger partial charge in [0.05, 0.1) is 11.7 Å². The third kappa shape index (κ3) is 2.42. The van der Waals surface area contributed by atoms with E-state index in [0.29, 0.717) is 6.54 Å². The molecule has 0 amide bonds. The first-order valence-corrected chi connectivity index (χ1v) is 6.51. The molecule has 3 nitrogen and oxygen atoms in total. The summed E-state index contributed by atoms with van der Waals surface area (Å²) >= 11 is 6.14. The zero-order valence-electron chi connectivity index (χ0n) is 10.6. The van der Waals surface area contributed by atoms with E-state index in [1.807, 2.05) is 42.2 Å². The van der Waals surface area contributed by atoms with Crippen molar-refractivity contribution in [2.45, 2.75) is 6.54 Å². The topological polar surface area (TPSA) is 29.9 Å². The van der Waals surface area contributed by atoms with Crippen molar-refractivity contribution in [3.05, 3.63) is 59.2 Å². The van der Waals surface area contributed by atoms with Crippen molar-refractivity contribution >= 4 is 28.2 Å². The van der Waals surface area contributed by atoms with E-state index in [1.54, 1.807) is 0 Å². The highest BCUT2D eigenvalue weighted by atomic mass is 35.5. The van der Waals surface area contributed by atoms with Gasteiger partial charge in [-0.05, 0) is 29.8 Å². The van der Waals surface area contributed by atoms with Crippen LogP contribution in [-0.2, 0) is 13.6 Å². The van der Waals surface area contributed by atoms with E-state index in [4.69, 9.17) is 11.6 Å². The Labute approximate surface area is 116 Å². The van der Waals surface area contributed by atoms with Crippen LogP contribution >= 0.6 is 11.6 Å². The van der Waals surface area contributed by atoms with Crippen molar-refractivity contribution in [2.24, 2.45) is 7.05 Å². The standard InChI is InChI=1S/C15H14ClN3/c1-19-15-7-6-13(8-12(15)10-18-19)17-9-11-4-2-3-5-14(11)16/h2-8,10,17H,9H2,1H3. The summed E-state index contributed by atoms with van der Waals surface area (Å²) in [5, 5.41) is 9.54. The van der Waals surface area contributed by atoms with E-state index in [1.165, 1.54) is 0 Å². The monoisotopic (exact) mass is 271 g/mol. The lowest BCUT2D eigenvalue weighted by Gasteiger charge is -2.08. The minimum absolute atomic E-state index is 0.714. The third-order valence-electron chi connectivity index (χ3n) is 3.19. The first-order valence-electron chi connectivity index (χ1n) is 6.13. The molecule has 19 heavy (non-hydrogen) atoms. The van der Waals surface area contributed by atoms with E-state index in [0.717, 1.165) is 27.2 Å². The first-order chi connectivity index (χ1) is 9.24. The number of anilines is 1. The number of nitrogens with one attached hydrogen (secondary N) is 1. The van der Waals surface area contributed by atoms with Gasteiger partial charge in [0.15, 0.2) is 0 Å². The molecule has 1 heterocycles. The summed E-state index contributed by atoms with van der Waals surface area (Å²) in [6.45, 7) is 0.714. The zero-order valence-corrected chi connectivity index (χ0v) is 11.4. The van der Waals surface area contributed by atoms with Crippen molar-refractivity contribution in [1.29, 1.82) is 0 Å². The normalized spacial score (nSPS) is 10.8. The Balaban J connectivity index is 1.80. The number of aromatic nitrogens is 2. The maximum Gasteiger partial charge on any atom is 0.0680 e. The molecular weight excluding hydrogens is 258 g/mol. The van der Waals surface area contributed by atoms with Gasteiger partial charge in [-0.2, -0.15) is 5.10 Å². The van der Waals surface area contributed by atoms with E-state index < -0.39 is 0 Å². The summed E-state index contributed by atoms with van der Waals surface area (Å²) in [6, 6.07) is 14.1. The molecule has 0 fully saturated rings. The molecule has 0 spiro atoms. The maximum atomic E-state index is 6.14. The highest BCUT2D eigenvalue weighted by Crippen LogP contribution is 2.20.